The lowest BCUT2D eigenvalue weighted by Crippen LogP contribution is -2.22. The van der Waals surface area contributed by atoms with Gasteiger partial charge in [0.2, 0.25) is 5.96 Å². The van der Waals surface area contributed by atoms with Crippen LogP contribution in [0.25, 0.3) is 0 Å². The number of hydrogen-bond acceptors (Lipinski definition) is 2. The van der Waals surface area contributed by atoms with Gasteiger partial charge in [0, 0.05) is 0 Å². The first-order chi connectivity index (χ1) is 6.27. The molecule has 4 N–H and O–H groups in total. The summed E-state index contributed by atoms with van der Waals surface area (Å²) in [6.45, 7) is 2.83. The number of rotatable bonds is 8. The average molecular weight is 187 g/mol. The van der Waals surface area contributed by atoms with Crippen LogP contribution in [0.2, 0.25) is 0 Å². The largest absolute Gasteiger partial charge is 0.393 e. The molecular formula is C9H21N3O. The predicted octanol–water partition coefficient (Wildman–Crippen LogP) is 1.55. The van der Waals surface area contributed by atoms with Crippen molar-refractivity contribution in [2.75, 3.05) is 6.61 Å². The summed E-state index contributed by atoms with van der Waals surface area (Å²) in [6.07, 6.45) is 7.43. The summed E-state index contributed by atoms with van der Waals surface area (Å²) in [4.78, 5) is 4.84. The maximum Gasteiger partial charge on any atom is 0.228 e. The molecule has 4 nitrogen and oxygen atoms in total. The summed E-state index contributed by atoms with van der Waals surface area (Å²) in [5.74, 6) is -0.00835. The normalized spacial score (nSPS) is 9.62. The summed E-state index contributed by atoms with van der Waals surface area (Å²) in [5, 5.41) is 3.43. The van der Waals surface area contributed by atoms with Crippen LogP contribution in [-0.2, 0) is 4.84 Å². The molecule has 0 atom stereocenters. The van der Waals surface area contributed by atoms with Crippen molar-refractivity contribution >= 4 is 5.96 Å². The van der Waals surface area contributed by atoms with E-state index in [2.05, 4.69) is 12.1 Å². The van der Waals surface area contributed by atoms with Gasteiger partial charge in [-0.2, -0.15) is 0 Å². The summed E-state index contributed by atoms with van der Waals surface area (Å²) >= 11 is 0. The number of oxime groups is 1. The lowest BCUT2D eigenvalue weighted by Gasteiger charge is -2.00. The number of nitrogens with two attached hydrogens (primary N) is 2. The minimum Gasteiger partial charge on any atom is -0.393 e. The van der Waals surface area contributed by atoms with Crippen LogP contribution in [-0.4, -0.2) is 12.6 Å². The molecule has 0 aromatic carbocycles. The zero-order valence-electron chi connectivity index (χ0n) is 8.46. The first-order valence-corrected chi connectivity index (χ1v) is 4.98. The Morgan fingerprint density at radius 2 is 1.69 bits per heavy atom. The molecule has 78 valence electrons. The van der Waals surface area contributed by atoms with E-state index in [0.29, 0.717) is 6.61 Å². The van der Waals surface area contributed by atoms with Crippen LogP contribution in [0.3, 0.4) is 0 Å². The van der Waals surface area contributed by atoms with E-state index in [9.17, 15) is 0 Å². The molecule has 13 heavy (non-hydrogen) atoms. The van der Waals surface area contributed by atoms with E-state index in [1.54, 1.807) is 0 Å². The van der Waals surface area contributed by atoms with Crippen LogP contribution in [0.1, 0.15) is 45.4 Å². The Labute approximate surface area is 80.3 Å². The predicted molar refractivity (Wildman–Crippen MR) is 55.1 cm³/mol. The average Bonchev–Trinajstić information content (AvgIpc) is 2.09. The molecule has 0 bridgehead atoms. The lowest BCUT2D eigenvalue weighted by atomic mass is 10.1. The minimum atomic E-state index is -0.00835. The van der Waals surface area contributed by atoms with Gasteiger partial charge in [-0.25, -0.2) is 0 Å². The number of unbranched alkanes of at least 4 members (excludes halogenated alkanes) is 5. The molecule has 0 aliphatic heterocycles. The van der Waals surface area contributed by atoms with E-state index in [0.717, 1.165) is 6.42 Å². The fourth-order valence-corrected chi connectivity index (χ4v) is 1.07. The minimum absolute atomic E-state index is 0.00835. The molecule has 0 fully saturated rings. The molecule has 0 saturated heterocycles. The van der Waals surface area contributed by atoms with Crippen LogP contribution in [0.4, 0.5) is 0 Å². The maximum absolute atomic E-state index is 5.08. The molecule has 0 radical (unpaired) electrons. The van der Waals surface area contributed by atoms with E-state index in [1.807, 2.05) is 0 Å². The van der Waals surface area contributed by atoms with Crippen molar-refractivity contribution in [1.82, 2.24) is 0 Å². The molecule has 0 spiro atoms. The van der Waals surface area contributed by atoms with Crippen LogP contribution in [0, 0.1) is 0 Å². The highest BCUT2D eigenvalue weighted by atomic mass is 16.6. The molecule has 4 heteroatoms. The Kier molecular flexibility index (Phi) is 8.51. The molecule has 0 aromatic heterocycles. The Balaban J connectivity index is 2.96. The maximum atomic E-state index is 5.08. The second-order valence-corrected chi connectivity index (χ2v) is 3.12. The molecule has 0 heterocycles. The van der Waals surface area contributed by atoms with Gasteiger partial charge in [-0.15, -0.1) is 0 Å². The molecule has 0 aliphatic carbocycles. The zero-order chi connectivity index (χ0) is 9.94. The number of hydrogen-bond donors (Lipinski definition) is 2. The van der Waals surface area contributed by atoms with E-state index in [4.69, 9.17) is 16.3 Å². The molecule has 0 aliphatic rings. The van der Waals surface area contributed by atoms with Gasteiger partial charge < -0.3 is 16.3 Å². The second-order valence-electron chi connectivity index (χ2n) is 3.12. The summed E-state index contributed by atoms with van der Waals surface area (Å²) in [7, 11) is 0. The summed E-state index contributed by atoms with van der Waals surface area (Å²) < 4.78 is 0. The quantitative estimate of drug-likeness (QED) is 0.262. The topological polar surface area (TPSA) is 73.6 Å². The fourth-order valence-electron chi connectivity index (χ4n) is 1.07. The van der Waals surface area contributed by atoms with Gasteiger partial charge in [-0.1, -0.05) is 32.6 Å². The SMILES string of the molecule is CCCCCCCCON=C(N)N. The monoisotopic (exact) mass is 187 g/mol. The van der Waals surface area contributed by atoms with Crippen LogP contribution in [0.15, 0.2) is 5.16 Å². The highest BCUT2D eigenvalue weighted by molar-refractivity contribution is 5.74. The standard InChI is InChI=1S/C9H21N3O/c1-2-3-4-5-6-7-8-13-12-9(10)11/h2-8H2,1H3,(H4,10,11,12). The third-order valence-electron chi connectivity index (χ3n) is 1.76. The first-order valence-electron chi connectivity index (χ1n) is 4.98. The Hall–Kier alpha value is -0.930. The molecule has 0 amide bonds. The van der Waals surface area contributed by atoms with Crippen molar-refractivity contribution in [3.05, 3.63) is 0 Å². The highest BCUT2D eigenvalue weighted by Crippen LogP contribution is 2.04. The third-order valence-corrected chi connectivity index (χ3v) is 1.76. The van der Waals surface area contributed by atoms with Gasteiger partial charge in [0.05, 0.1) is 0 Å². The number of guanidine groups is 1. The van der Waals surface area contributed by atoms with Crippen molar-refractivity contribution < 1.29 is 4.84 Å². The molecule has 0 aromatic rings. The third kappa shape index (κ3) is 11.1. The van der Waals surface area contributed by atoms with E-state index < -0.39 is 0 Å². The molecular weight excluding hydrogens is 166 g/mol. The van der Waals surface area contributed by atoms with Gasteiger partial charge >= 0.3 is 0 Å². The number of nitrogens with zero attached hydrogens (tertiary/aromatic N) is 1. The van der Waals surface area contributed by atoms with Crippen molar-refractivity contribution in [2.24, 2.45) is 16.6 Å². The fraction of sp³-hybridized carbons (Fsp3) is 0.889. The van der Waals surface area contributed by atoms with Crippen molar-refractivity contribution in [3.63, 3.8) is 0 Å². The molecule has 0 rings (SSSR count). The smallest absolute Gasteiger partial charge is 0.228 e. The Morgan fingerprint density at radius 3 is 2.31 bits per heavy atom. The second kappa shape index (κ2) is 9.16. The summed E-state index contributed by atoms with van der Waals surface area (Å²) in [5.41, 5.74) is 10.2. The molecule has 0 saturated carbocycles. The van der Waals surface area contributed by atoms with Crippen LogP contribution in [0.5, 0.6) is 0 Å². The van der Waals surface area contributed by atoms with E-state index >= 15 is 0 Å². The highest BCUT2D eigenvalue weighted by Gasteiger charge is 1.90. The van der Waals surface area contributed by atoms with Crippen molar-refractivity contribution in [3.8, 4) is 0 Å². The lowest BCUT2D eigenvalue weighted by molar-refractivity contribution is 0.139. The summed E-state index contributed by atoms with van der Waals surface area (Å²) in [6, 6.07) is 0. The van der Waals surface area contributed by atoms with Gasteiger partial charge in [-0.3, -0.25) is 0 Å². The van der Waals surface area contributed by atoms with Crippen molar-refractivity contribution in [2.45, 2.75) is 45.4 Å². The Morgan fingerprint density at radius 1 is 1.08 bits per heavy atom. The van der Waals surface area contributed by atoms with Gasteiger partial charge in [0.25, 0.3) is 0 Å². The van der Waals surface area contributed by atoms with Crippen LogP contribution >= 0.6 is 0 Å². The Bertz CT molecular complexity index is 133. The van der Waals surface area contributed by atoms with Crippen LogP contribution < -0.4 is 11.5 Å². The van der Waals surface area contributed by atoms with Crippen molar-refractivity contribution in [1.29, 1.82) is 0 Å². The van der Waals surface area contributed by atoms with Gasteiger partial charge in [-0.05, 0) is 18.0 Å². The first kappa shape index (κ1) is 12.1. The van der Waals surface area contributed by atoms with Gasteiger partial charge in [0.15, 0.2) is 0 Å². The zero-order valence-corrected chi connectivity index (χ0v) is 8.46. The molecule has 0 unspecified atom stereocenters. The van der Waals surface area contributed by atoms with E-state index in [1.165, 1.54) is 32.1 Å². The van der Waals surface area contributed by atoms with Gasteiger partial charge in [0.1, 0.15) is 6.61 Å². The van der Waals surface area contributed by atoms with E-state index in [-0.39, 0.29) is 5.96 Å².